The van der Waals surface area contributed by atoms with Gasteiger partial charge in [0.05, 0.1) is 6.61 Å². The van der Waals surface area contributed by atoms with Gasteiger partial charge in [0.25, 0.3) is 0 Å². The molecule has 0 spiro atoms. The third-order valence-corrected chi connectivity index (χ3v) is 0.873. The Bertz CT molecular complexity index is 66.1. The second-order valence-electron chi connectivity index (χ2n) is 1.71. The highest BCUT2D eigenvalue weighted by Crippen LogP contribution is 1.80. The standard InChI is InChI=1S/C6H13NO2/c7-3-1-5-9-6-2-4-8/h4H,1-3,5-7H2. The zero-order valence-corrected chi connectivity index (χ0v) is 5.51. The van der Waals surface area contributed by atoms with Gasteiger partial charge in [0.15, 0.2) is 0 Å². The lowest BCUT2D eigenvalue weighted by Gasteiger charge is -1.97. The predicted octanol–water partition coefficient (Wildman–Crippen LogP) is -0.0592. The van der Waals surface area contributed by atoms with Crippen LogP contribution in [0.4, 0.5) is 0 Å². The Balaban J connectivity index is 2.66. The lowest BCUT2D eigenvalue weighted by atomic mass is 10.4. The molecule has 2 N–H and O–H groups in total. The van der Waals surface area contributed by atoms with Crippen molar-refractivity contribution in [2.75, 3.05) is 19.8 Å². The summed E-state index contributed by atoms with van der Waals surface area (Å²) in [6, 6.07) is 0. The number of carbonyl (C=O) groups is 1. The van der Waals surface area contributed by atoms with E-state index in [-0.39, 0.29) is 0 Å². The molecule has 0 aliphatic heterocycles. The number of rotatable bonds is 6. The lowest BCUT2D eigenvalue weighted by molar-refractivity contribution is -0.108. The van der Waals surface area contributed by atoms with Crippen LogP contribution in [0, 0.1) is 0 Å². The van der Waals surface area contributed by atoms with Gasteiger partial charge in [0.2, 0.25) is 0 Å². The van der Waals surface area contributed by atoms with Gasteiger partial charge in [-0.1, -0.05) is 0 Å². The second-order valence-corrected chi connectivity index (χ2v) is 1.71. The molecule has 0 aromatic heterocycles. The quantitative estimate of drug-likeness (QED) is 0.406. The number of aldehydes is 1. The molecule has 0 heterocycles. The highest BCUT2D eigenvalue weighted by molar-refractivity contribution is 5.49. The van der Waals surface area contributed by atoms with Crippen molar-refractivity contribution in [3.63, 3.8) is 0 Å². The maximum absolute atomic E-state index is 9.73. The zero-order valence-electron chi connectivity index (χ0n) is 5.51. The Hall–Kier alpha value is -0.410. The van der Waals surface area contributed by atoms with Gasteiger partial charge in [-0.2, -0.15) is 0 Å². The summed E-state index contributed by atoms with van der Waals surface area (Å²) in [5.41, 5.74) is 5.19. The Morgan fingerprint density at radius 2 is 2.22 bits per heavy atom. The minimum absolute atomic E-state index is 0.491. The highest BCUT2D eigenvalue weighted by Gasteiger charge is 1.84. The predicted molar refractivity (Wildman–Crippen MR) is 35.2 cm³/mol. The van der Waals surface area contributed by atoms with Crippen molar-refractivity contribution >= 4 is 6.29 Å². The van der Waals surface area contributed by atoms with Crippen molar-refractivity contribution in [2.45, 2.75) is 12.8 Å². The van der Waals surface area contributed by atoms with Gasteiger partial charge >= 0.3 is 0 Å². The molecular weight excluding hydrogens is 118 g/mol. The summed E-state index contributed by atoms with van der Waals surface area (Å²) >= 11 is 0. The lowest BCUT2D eigenvalue weighted by Crippen LogP contribution is -2.05. The third-order valence-electron chi connectivity index (χ3n) is 0.873. The summed E-state index contributed by atoms with van der Waals surface area (Å²) in [6.07, 6.45) is 2.21. The first-order valence-electron chi connectivity index (χ1n) is 3.13. The van der Waals surface area contributed by atoms with Crippen molar-refractivity contribution in [3.8, 4) is 0 Å². The molecule has 0 aromatic carbocycles. The molecule has 0 aliphatic rings. The first-order chi connectivity index (χ1) is 4.41. The van der Waals surface area contributed by atoms with E-state index in [0.717, 1.165) is 12.7 Å². The fourth-order valence-electron chi connectivity index (χ4n) is 0.419. The number of ether oxygens (including phenoxy) is 1. The van der Waals surface area contributed by atoms with E-state index in [4.69, 9.17) is 10.5 Å². The molecule has 0 bridgehead atoms. The topological polar surface area (TPSA) is 52.3 Å². The molecule has 0 saturated carbocycles. The van der Waals surface area contributed by atoms with Crippen molar-refractivity contribution in [2.24, 2.45) is 5.73 Å². The molecular formula is C6H13NO2. The summed E-state index contributed by atoms with van der Waals surface area (Å²) in [7, 11) is 0. The van der Waals surface area contributed by atoms with Crippen LogP contribution in [0.2, 0.25) is 0 Å². The minimum Gasteiger partial charge on any atom is -0.381 e. The van der Waals surface area contributed by atoms with Crippen LogP contribution in [0.15, 0.2) is 0 Å². The summed E-state index contributed by atoms with van der Waals surface area (Å²) in [5.74, 6) is 0. The van der Waals surface area contributed by atoms with E-state index < -0.39 is 0 Å². The van der Waals surface area contributed by atoms with E-state index in [0.29, 0.717) is 26.2 Å². The Labute approximate surface area is 55.2 Å². The van der Waals surface area contributed by atoms with Gasteiger partial charge < -0.3 is 15.3 Å². The number of carbonyl (C=O) groups excluding carboxylic acids is 1. The summed E-state index contributed by atoms with van der Waals surface area (Å²) < 4.78 is 5.00. The Kier molecular flexibility index (Phi) is 7.24. The van der Waals surface area contributed by atoms with Crippen molar-refractivity contribution < 1.29 is 9.53 Å². The molecule has 9 heavy (non-hydrogen) atoms. The molecule has 0 radical (unpaired) electrons. The monoisotopic (exact) mass is 131 g/mol. The Morgan fingerprint density at radius 3 is 2.78 bits per heavy atom. The van der Waals surface area contributed by atoms with Crippen LogP contribution in [0.1, 0.15) is 12.8 Å². The maximum Gasteiger partial charge on any atom is 0.122 e. The molecule has 0 aromatic rings. The second kappa shape index (κ2) is 7.59. The van der Waals surface area contributed by atoms with Gasteiger partial charge in [-0.05, 0) is 13.0 Å². The minimum atomic E-state index is 0.491. The van der Waals surface area contributed by atoms with Gasteiger partial charge in [-0.3, -0.25) is 0 Å². The summed E-state index contributed by atoms with van der Waals surface area (Å²) in [4.78, 5) is 9.73. The molecule has 0 unspecified atom stereocenters. The zero-order chi connectivity index (χ0) is 6.95. The van der Waals surface area contributed by atoms with Gasteiger partial charge in [-0.25, -0.2) is 0 Å². The smallest absolute Gasteiger partial charge is 0.122 e. The van der Waals surface area contributed by atoms with Gasteiger partial charge in [-0.15, -0.1) is 0 Å². The van der Waals surface area contributed by atoms with Gasteiger partial charge in [0, 0.05) is 13.0 Å². The molecule has 0 fully saturated rings. The van der Waals surface area contributed by atoms with E-state index >= 15 is 0 Å². The fraction of sp³-hybridized carbons (Fsp3) is 0.833. The Morgan fingerprint density at radius 1 is 1.44 bits per heavy atom. The van der Waals surface area contributed by atoms with E-state index in [9.17, 15) is 4.79 Å². The van der Waals surface area contributed by atoms with E-state index in [1.807, 2.05) is 0 Å². The van der Waals surface area contributed by atoms with Crippen molar-refractivity contribution in [1.29, 1.82) is 0 Å². The normalized spacial score (nSPS) is 9.44. The largest absolute Gasteiger partial charge is 0.381 e. The van der Waals surface area contributed by atoms with Crippen LogP contribution in [0.25, 0.3) is 0 Å². The van der Waals surface area contributed by atoms with Gasteiger partial charge in [0.1, 0.15) is 6.29 Å². The van der Waals surface area contributed by atoms with Crippen LogP contribution >= 0.6 is 0 Å². The molecule has 3 nitrogen and oxygen atoms in total. The van der Waals surface area contributed by atoms with Crippen LogP contribution < -0.4 is 5.73 Å². The number of hydrogen-bond donors (Lipinski definition) is 1. The number of nitrogens with two attached hydrogens (primary N) is 1. The van der Waals surface area contributed by atoms with Crippen molar-refractivity contribution in [3.05, 3.63) is 0 Å². The fourth-order valence-corrected chi connectivity index (χ4v) is 0.419. The maximum atomic E-state index is 9.73. The molecule has 3 heteroatoms. The van der Waals surface area contributed by atoms with Crippen LogP contribution in [0.3, 0.4) is 0 Å². The summed E-state index contributed by atoms with van der Waals surface area (Å²) in [6.45, 7) is 1.86. The van der Waals surface area contributed by atoms with E-state index in [1.165, 1.54) is 0 Å². The summed E-state index contributed by atoms with van der Waals surface area (Å²) in [5, 5.41) is 0. The highest BCUT2D eigenvalue weighted by atomic mass is 16.5. The first-order valence-corrected chi connectivity index (χ1v) is 3.13. The molecule has 0 atom stereocenters. The van der Waals surface area contributed by atoms with Crippen LogP contribution in [-0.2, 0) is 9.53 Å². The molecule has 0 rings (SSSR count). The average molecular weight is 131 g/mol. The first kappa shape index (κ1) is 8.59. The average Bonchev–Trinajstić information content (AvgIpc) is 1.89. The molecule has 54 valence electrons. The third kappa shape index (κ3) is 7.59. The van der Waals surface area contributed by atoms with E-state index in [2.05, 4.69) is 0 Å². The molecule has 0 aliphatic carbocycles. The molecule has 0 saturated heterocycles. The number of hydrogen-bond acceptors (Lipinski definition) is 3. The van der Waals surface area contributed by atoms with Crippen LogP contribution in [-0.4, -0.2) is 26.0 Å². The molecule has 0 amide bonds. The van der Waals surface area contributed by atoms with Crippen LogP contribution in [0.5, 0.6) is 0 Å². The van der Waals surface area contributed by atoms with Crippen molar-refractivity contribution in [1.82, 2.24) is 0 Å². The van der Waals surface area contributed by atoms with E-state index in [1.54, 1.807) is 0 Å². The SMILES string of the molecule is NCCCOCCC=O.